The Balaban J connectivity index is 1.39. The van der Waals surface area contributed by atoms with Crippen molar-refractivity contribution in [3.8, 4) is 0 Å². The summed E-state index contributed by atoms with van der Waals surface area (Å²) in [5.74, 6) is 1.14. The average Bonchev–Trinajstić information content (AvgIpc) is 3.32. The van der Waals surface area contributed by atoms with Gasteiger partial charge in [-0.2, -0.15) is 0 Å². The van der Waals surface area contributed by atoms with Gasteiger partial charge in [-0.1, -0.05) is 6.42 Å². The molecule has 2 aliphatic heterocycles. The Kier molecular flexibility index (Phi) is 6.94. The normalized spacial score (nSPS) is 19.5. The van der Waals surface area contributed by atoms with Crippen LogP contribution in [0.2, 0.25) is 0 Å². The van der Waals surface area contributed by atoms with Crippen LogP contribution in [0.15, 0.2) is 22.8 Å². The lowest BCUT2D eigenvalue weighted by Gasteiger charge is -2.33. The van der Waals surface area contributed by atoms with Crippen LogP contribution in [0, 0.1) is 0 Å². The first-order chi connectivity index (χ1) is 12.7. The van der Waals surface area contributed by atoms with E-state index in [1.165, 1.54) is 19.3 Å². The molecule has 0 radical (unpaired) electrons. The molecule has 7 nitrogen and oxygen atoms in total. The second kappa shape index (κ2) is 9.62. The largest absolute Gasteiger partial charge is 0.468 e. The minimum absolute atomic E-state index is 0.0817. The lowest BCUT2D eigenvalue weighted by atomic mass is 10.1. The Bertz CT molecular complexity index is 569. The fourth-order valence-electron chi connectivity index (χ4n) is 3.78. The van der Waals surface area contributed by atoms with Gasteiger partial charge >= 0.3 is 6.03 Å². The van der Waals surface area contributed by atoms with Crippen molar-refractivity contribution in [3.05, 3.63) is 24.2 Å². The standard InChI is InChI=1S/C19H30N4O3/c24-18-8-4-12-23(18)13-6-9-20-19(25)21-15-16(17-7-5-14-26-17)22-10-2-1-3-11-22/h5,7,14,16H,1-4,6,8-13,15H2,(H2,20,21,25)/t16-/m0/s1. The van der Waals surface area contributed by atoms with E-state index >= 15 is 0 Å². The average molecular weight is 362 g/mol. The number of carbonyl (C=O) groups is 2. The number of nitrogens with one attached hydrogen (secondary N) is 2. The van der Waals surface area contributed by atoms with Crippen molar-refractivity contribution in [1.29, 1.82) is 0 Å². The van der Waals surface area contributed by atoms with E-state index in [9.17, 15) is 9.59 Å². The number of hydrogen-bond donors (Lipinski definition) is 2. The molecule has 3 heterocycles. The first kappa shape index (κ1) is 18.8. The lowest BCUT2D eigenvalue weighted by Crippen LogP contribution is -2.44. The molecule has 0 spiro atoms. The summed E-state index contributed by atoms with van der Waals surface area (Å²) in [7, 11) is 0. The number of amides is 3. The van der Waals surface area contributed by atoms with Gasteiger partial charge in [-0.15, -0.1) is 0 Å². The van der Waals surface area contributed by atoms with Crippen molar-refractivity contribution in [2.24, 2.45) is 0 Å². The highest BCUT2D eigenvalue weighted by Crippen LogP contribution is 2.24. The molecular weight excluding hydrogens is 332 g/mol. The fraction of sp³-hybridized carbons (Fsp3) is 0.684. The van der Waals surface area contributed by atoms with Crippen molar-refractivity contribution < 1.29 is 14.0 Å². The van der Waals surface area contributed by atoms with E-state index in [4.69, 9.17) is 4.42 Å². The zero-order valence-corrected chi connectivity index (χ0v) is 15.4. The summed E-state index contributed by atoms with van der Waals surface area (Å²) < 4.78 is 5.60. The summed E-state index contributed by atoms with van der Waals surface area (Å²) in [4.78, 5) is 27.9. The minimum Gasteiger partial charge on any atom is -0.468 e. The van der Waals surface area contributed by atoms with Gasteiger partial charge in [0.05, 0.1) is 12.3 Å². The second-order valence-corrected chi connectivity index (χ2v) is 7.10. The van der Waals surface area contributed by atoms with Crippen LogP contribution in [0.1, 0.15) is 50.3 Å². The third-order valence-electron chi connectivity index (χ3n) is 5.22. The molecule has 0 bridgehead atoms. The number of furan rings is 1. The summed E-state index contributed by atoms with van der Waals surface area (Å²) in [5.41, 5.74) is 0. The first-order valence-electron chi connectivity index (χ1n) is 9.81. The van der Waals surface area contributed by atoms with E-state index in [-0.39, 0.29) is 18.0 Å². The molecule has 0 unspecified atom stereocenters. The molecule has 2 saturated heterocycles. The zero-order valence-electron chi connectivity index (χ0n) is 15.4. The van der Waals surface area contributed by atoms with Crippen molar-refractivity contribution in [1.82, 2.24) is 20.4 Å². The molecule has 3 amide bonds. The molecule has 2 aliphatic rings. The van der Waals surface area contributed by atoms with Crippen molar-refractivity contribution in [2.75, 3.05) is 39.3 Å². The first-order valence-corrected chi connectivity index (χ1v) is 9.81. The summed E-state index contributed by atoms with van der Waals surface area (Å²) in [5, 5.41) is 5.86. The van der Waals surface area contributed by atoms with Crippen molar-refractivity contribution >= 4 is 11.9 Å². The van der Waals surface area contributed by atoms with E-state index in [0.29, 0.717) is 19.5 Å². The topological polar surface area (TPSA) is 77.8 Å². The summed E-state index contributed by atoms with van der Waals surface area (Å²) in [6, 6.07) is 3.79. The number of urea groups is 1. The fourth-order valence-corrected chi connectivity index (χ4v) is 3.78. The Morgan fingerprint density at radius 2 is 2.00 bits per heavy atom. The minimum atomic E-state index is -0.161. The number of nitrogens with zero attached hydrogens (tertiary/aromatic N) is 2. The van der Waals surface area contributed by atoms with E-state index in [1.807, 2.05) is 17.0 Å². The van der Waals surface area contributed by atoms with Gasteiger partial charge in [0.1, 0.15) is 5.76 Å². The van der Waals surface area contributed by atoms with Gasteiger partial charge in [0.15, 0.2) is 0 Å². The smallest absolute Gasteiger partial charge is 0.314 e. The maximum atomic E-state index is 12.1. The van der Waals surface area contributed by atoms with Crippen LogP contribution >= 0.6 is 0 Å². The van der Waals surface area contributed by atoms with Crippen LogP contribution in [0.4, 0.5) is 4.79 Å². The summed E-state index contributed by atoms with van der Waals surface area (Å²) >= 11 is 0. The molecule has 2 N–H and O–H groups in total. The van der Waals surface area contributed by atoms with E-state index in [0.717, 1.165) is 44.8 Å². The van der Waals surface area contributed by atoms with Gasteiger partial charge < -0.3 is 20.0 Å². The van der Waals surface area contributed by atoms with Crippen molar-refractivity contribution in [3.63, 3.8) is 0 Å². The van der Waals surface area contributed by atoms with Crippen LogP contribution < -0.4 is 10.6 Å². The number of hydrogen-bond acceptors (Lipinski definition) is 4. The molecule has 1 atom stereocenters. The molecule has 1 aromatic rings. The van der Waals surface area contributed by atoms with Crippen LogP contribution in [0.3, 0.4) is 0 Å². The highest BCUT2D eigenvalue weighted by molar-refractivity contribution is 5.78. The quantitative estimate of drug-likeness (QED) is 0.695. The predicted octanol–water partition coefficient (Wildman–Crippen LogP) is 2.12. The van der Waals surface area contributed by atoms with Gasteiger partial charge in [-0.05, 0) is 50.9 Å². The molecule has 1 aromatic heterocycles. The maximum absolute atomic E-state index is 12.1. The monoisotopic (exact) mass is 362 g/mol. The molecule has 26 heavy (non-hydrogen) atoms. The molecular formula is C19H30N4O3. The highest BCUT2D eigenvalue weighted by Gasteiger charge is 2.25. The molecule has 3 rings (SSSR count). The molecule has 2 fully saturated rings. The SMILES string of the molecule is O=C(NCCCN1CCCC1=O)NC[C@@H](c1ccco1)N1CCCCC1. The molecule has 7 heteroatoms. The Hall–Kier alpha value is -2.02. The zero-order chi connectivity index (χ0) is 18.2. The number of likely N-dealkylation sites (tertiary alicyclic amines) is 2. The van der Waals surface area contributed by atoms with Crippen molar-refractivity contribution in [2.45, 2.75) is 44.6 Å². The highest BCUT2D eigenvalue weighted by atomic mass is 16.3. The second-order valence-electron chi connectivity index (χ2n) is 7.10. The summed E-state index contributed by atoms with van der Waals surface area (Å²) in [6.07, 6.45) is 7.75. The molecule has 0 saturated carbocycles. The van der Waals surface area contributed by atoms with E-state index < -0.39 is 0 Å². The molecule has 0 aromatic carbocycles. The van der Waals surface area contributed by atoms with Gasteiger partial charge in [0.2, 0.25) is 5.91 Å². The third kappa shape index (κ3) is 5.24. The van der Waals surface area contributed by atoms with Crippen LogP contribution in [-0.4, -0.2) is 61.0 Å². The van der Waals surface area contributed by atoms with Gasteiger partial charge in [-0.3, -0.25) is 9.69 Å². The number of carbonyl (C=O) groups excluding carboxylic acids is 2. The lowest BCUT2D eigenvalue weighted by molar-refractivity contribution is -0.127. The number of rotatable bonds is 8. The Morgan fingerprint density at radius 1 is 1.15 bits per heavy atom. The molecule has 0 aliphatic carbocycles. The Morgan fingerprint density at radius 3 is 2.69 bits per heavy atom. The maximum Gasteiger partial charge on any atom is 0.314 e. The predicted molar refractivity (Wildman–Crippen MR) is 98.7 cm³/mol. The van der Waals surface area contributed by atoms with Gasteiger partial charge in [0.25, 0.3) is 0 Å². The van der Waals surface area contributed by atoms with Gasteiger partial charge in [0, 0.05) is 32.6 Å². The number of piperidine rings is 1. The van der Waals surface area contributed by atoms with Gasteiger partial charge in [-0.25, -0.2) is 4.79 Å². The summed E-state index contributed by atoms with van der Waals surface area (Å²) in [6.45, 7) is 4.76. The van der Waals surface area contributed by atoms with Crippen LogP contribution in [-0.2, 0) is 4.79 Å². The third-order valence-corrected chi connectivity index (χ3v) is 5.22. The van der Waals surface area contributed by atoms with Crippen LogP contribution in [0.25, 0.3) is 0 Å². The van der Waals surface area contributed by atoms with E-state index in [1.54, 1.807) is 6.26 Å². The van der Waals surface area contributed by atoms with Crippen LogP contribution in [0.5, 0.6) is 0 Å². The molecule has 144 valence electrons. The van der Waals surface area contributed by atoms with E-state index in [2.05, 4.69) is 15.5 Å². The Labute approximate surface area is 155 Å².